The minimum atomic E-state index is -0.486. The molecule has 0 aliphatic carbocycles. The molecule has 0 fully saturated rings. The van der Waals surface area contributed by atoms with Gasteiger partial charge in [-0.2, -0.15) is 0 Å². The summed E-state index contributed by atoms with van der Waals surface area (Å²) in [5, 5.41) is 2.52. The van der Waals surface area contributed by atoms with Crippen molar-refractivity contribution in [2.24, 2.45) is 0 Å². The highest BCUT2D eigenvalue weighted by molar-refractivity contribution is 8.00. The lowest BCUT2D eigenvalue weighted by atomic mass is 9.64. The molecule has 2 aliphatic rings. The molecule has 2 aromatic heterocycles. The fraction of sp³-hybridized carbons (Fsp3) is 0.0208. The van der Waals surface area contributed by atoms with Gasteiger partial charge in [0.05, 0.1) is 22.1 Å². The largest absolute Gasteiger partial charge is 0.309 e. The zero-order chi connectivity index (χ0) is 34.2. The Balaban J connectivity index is 1.18. The van der Waals surface area contributed by atoms with Crippen molar-refractivity contribution < 1.29 is 0 Å². The predicted octanol–water partition coefficient (Wildman–Crippen LogP) is 12.8. The minimum Gasteiger partial charge on any atom is -0.309 e. The van der Waals surface area contributed by atoms with Gasteiger partial charge in [-0.1, -0.05) is 139 Å². The van der Waals surface area contributed by atoms with Crippen LogP contribution in [0.5, 0.6) is 0 Å². The summed E-state index contributed by atoms with van der Waals surface area (Å²) in [6, 6.07) is 64.7. The number of nitrogens with zero attached hydrogens (tertiary/aromatic N) is 2. The highest BCUT2D eigenvalue weighted by Gasteiger charge is 2.49. The molecule has 11 rings (SSSR count). The zero-order valence-corrected chi connectivity index (χ0v) is 29.7. The summed E-state index contributed by atoms with van der Waals surface area (Å²) in [4.78, 5) is 9.89. The number of benzene rings is 7. The molecule has 0 N–H and O–H groups in total. The van der Waals surface area contributed by atoms with Crippen LogP contribution in [0.1, 0.15) is 22.3 Å². The molecule has 0 saturated heterocycles. The molecule has 2 aliphatic heterocycles. The summed E-state index contributed by atoms with van der Waals surface area (Å²) in [5.74, 6) is 0. The molecule has 244 valence electrons. The van der Waals surface area contributed by atoms with Crippen molar-refractivity contribution in [3.63, 3.8) is 0 Å². The second-order valence-corrected chi connectivity index (χ2v) is 15.6. The van der Waals surface area contributed by atoms with Crippen molar-refractivity contribution in [2.75, 3.05) is 0 Å². The standard InChI is InChI=1S/C48H30N2S2/c1-2-13-33(14-3-1)50-42-21-7-4-15-35(42)36-29-31(25-27-43(36)50)34-16-12-19-40-47(34)52-45-23-9-6-18-38(45)48(40)37-17-5-8-22-44(37)51-46-30-32(24-26-39(46)48)41-20-10-11-28-49-41/h1-30H. The smallest absolute Gasteiger partial charge is 0.0745 e. The monoisotopic (exact) mass is 698 g/mol. The van der Waals surface area contributed by atoms with Crippen LogP contribution in [0, 0.1) is 0 Å². The average molecular weight is 699 g/mol. The van der Waals surface area contributed by atoms with Crippen LogP contribution in [0.4, 0.5) is 0 Å². The molecule has 1 unspecified atom stereocenters. The number of hydrogen-bond donors (Lipinski definition) is 0. The van der Waals surface area contributed by atoms with Gasteiger partial charge in [0.25, 0.3) is 0 Å². The van der Waals surface area contributed by atoms with Gasteiger partial charge in [0.1, 0.15) is 0 Å². The Morgan fingerprint density at radius 3 is 1.94 bits per heavy atom. The van der Waals surface area contributed by atoms with Gasteiger partial charge < -0.3 is 4.57 Å². The molecule has 9 aromatic rings. The van der Waals surface area contributed by atoms with Crippen LogP contribution in [-0.4, -0.2) is 9.55 Å². The Bertz CT molecular complexity index is 2850. The SMILES string of the molecule is c1ccc(-n2c3ccccc3c3cc(-c4cccc5c4Sc4ccccc4C54c5ccccc5Sc5cc(-c6ccccn6)ccc54)ccc32)cc1. The van der Waals surface area contributed by atoms with Crippen molar-refractivity contribution in [3.05, 3.63) is 204 Å². The number of pyridine rings is 1. The van der Waals surface area contributed by atoms with E-state index >= 15 is 0 Å². The van der Waals surface area contributed by atoms with E-state index in [1.54, 1.807) is 0 Å². The molecule has 0 saturated carbocycles. The first-order valence-corrected chi connectivity index (χ1v) is 19.3. The first-order valence-electron chi connectivity index (χ1n) is 17.6. The third kappa shape index (κ3) is 4.25. The van der Waals surface area contributed by atoms with E-state index < -0.39 is 5.41 Å². The van der Waals surface area contributed by atoms with E-state index in [0.29, 0.717) is 0 Å². The molecular formula is C48H30N2S2. The lowest BCUT2D eigenvalue weighted by Gasteiger charge is -2.46. The van der Waals surface area contributed by atoms with Gasteiger partial charge in [-0.15, -0.1) is 0 Å². The van der Waals surface area contributed by atoms with Gasteiger partial charge in [-0.05, 0) is 94.0 Å². The summed E-state index contributed by atoms with van der Waals surface area (Å²) in [6.45, 7) is 0. The highest BCUT2D eigenvalue weighted by Crippen LogP contribution is 2.63. The quantitative estimate of drug-likeness (QED) is 0.183. The number of aromatic nitrogens is 2. The second kappa shape index (κ2) is 11.6. The number of para-hydroxylation sites is 2. The molecule has 4 heteroatoms. The molecule has 1 spiro atoms. The second-order valence-electron chi connectivity index (χ2n) is 13.5. The van der Waals surface area contributed by atoms with Crippen molar-refractivity contribution in [2.45, 2.75) is 25.0 Å². The van der Waals surface area contributed by atoms with E-state index in [2.05, 4.69) is 174 Å². The molecule has 0 amide bonds. The zero-order valence-electron chi connectivity index (χ0n) is 28.0. The number of fused-ring (bicyclic) bond motifs is 11. The number of hydrogen-bond acceptors (Lipinski definition) is 3. The van der Waals surface area contributed by atoms with E-state index in [9.17, 15) is 0 Å². The third-order valence-electron chi connectivity index (χ3n) is 10.8. The molecule has 4 heterocycles. The van der Waals surface area contributed by atoms with E-state index in [1.165, 1.54) is 80.5 Å². The molecule has 0 bridgehead atoms. The van der Waals surface area contributed by atoms with Crippen LogP contribution in [-0.2, 0) is 5.41 Å². The van der Waals surface area contributed by atoms with Crippen LogP contribution < -0.4 is 0 Å². The van der Waals surface area contributed by atoms with Gasteiger partial charge in [0.2, 0.25) is 0 Å². The highest BCUT2D eigenvalue weighted by atomic mass is 32.2. The average Bonchev–Trinajstić information content (AvgIpc) is 3.55. The van der Waals surface area contributed by atoms with E-state index in [-0.39, 0.29) is 0 Å². The van der Waals surface area contributed by atoms with Crippen LogP contribution in [0.15, 0.2) is 202 Å². The Hall–Kier alpha value is -5.81. The molecular weight excluding hydrogens is 669 g/mol. The lowest BCUT2D eigenvalue weighted by Crippen LogP contribution is -2.36. The molecule has 52 heavy (non-hydrogen) atoms. The molecule has 7 aromatic carbocycles. The minimum absolute atomic E-state index is 0.486. The maximum absolute atomic E-state index is 4.71. The summed E-state index contributed by atoms with van der Waals surface area (Å²) >= 11 is 3.78. The van der Waals surface area contributed by atoms with Gasteiger partial charge in [0.15, 0.2) is 0 Å². The van der Waals surface area contributed by atoms with E-state index in [4.69, 9.17) is 4.98 Å². The lowest BCUT2D eigenvalue weighted by molar-refractivity contribution is 0.668. The molecule has 0 radical (unpaired) electrons. The third-order valence-corrected chi connectivity index (χ3v) is 13.1. The van der Waals surface area contributed by atoms with Gasteiger partial charge >= 0.3 is 0 Å². The van der Waals surface area contributed by atoms with Gasteiger partial charge in [-0.25, -0.2) is 0 Å². The predicted molar refractivity (Wildman–Crippen MR) is 216 cm³/mol. The maximum atomic E-state index is 4.71. The Morgan fingerprint density at radius 1 is 0.442 bits per heavy atom. The summed E-state index contributed by atoms with van der Waals surface area (Å²) in [7, 11) is 0. The first-order chi connectivity index (χ1) is 25.8. The normalized spacial score (nSPS) is 15.6. The molecule has 2 nitrogen and oxygen atoms in total. The Labute approximate surface area is 310 Å². The Kier molecular flexibility index (Phi) is 6.67. The van der Waals surface area contributed by atoms with Gasteiger partial charge in [0, 0.05) is 47.8 Å². The van der Waals surface area contributed by atoms with Crippen molar-refractivity contribution in [1.29, 1.82) is 0 Å². The van der Waals surface area contributed by atoms with E-state index in [1.807, 2.05) is 35.8 Å². The van der Waals surface area contributed by atoms with Crippen LogP contribution in [0.3, 0.4) is 0 Å². The number of rotatable bonds is 3. The van der Waals surface area contributed by atoms with E-state index in [0.717, 1.165) is 11.3 Å². The van der Waals surface area contributed by atoms with Crippen molar-refractivity contribution in [3.8, 4) is 28.1 Å². The van der Waals surface area contributed by atoms with Crippen LogP contribution >= 0.6 is 23.5 Å². The summed E-state index contributed by atoms with van der Waals surface area (Å²) in [6.07, 6.45) is 1.88. The van der Waals surface area contributed by atoms with Crippen molar-refractivity contribution >= 4 is 45.3 Å². The first kappa shape index (κ1) is 29.9. The fourth-order valence-corrected chi connectivity index (χ4v) is 11.2. The Morgan fingerprint density at radius 2 is 1.12 bits per heavy atom. The fourth-order valence-electron chi connectivity index (χ4n) is 8.60. The van der Waals surface area contributed by atoms with Crippen LogP contribution in [0.2, 0.25) is 0 Å². The maximum Gasteiger partial charge on any atom is 0.0745 e. The van der Waals surface area contributed by atoms with Crippen molar-refractivity contribution in [1.82, 2.24) is 9.55 Å². The summed E-state index contributed by atoms with van der Waals surface area (Å²) < 4.78 is 2.39. The van der Waals surface area contributed by atoms with Gasteiger partial charge in [-0.3, -0.25) is 4.98 Å². The topological polar surface area (TPSA) is 17.8 Å². The summed E-state index contributed by atoms with van der Waals surface area (Å²) in [5.41, 5.74) is 13.1. The molecule has 1 atom stereocenters. The van der Waals surface area contributed by atoms with Crippen LogP contribution in [0.25, 0.3) is 49.9 Å².